The Bertz CT molecular complexity index is 678. The molecule has 4 nitrogen and oxygen atoms in total. The number of hydrogen-bond acceptors (Lipinski definition) is 4. The smallest absolute Gasteiger partial charge is 0.323 e. The SMILES string of the molecule is COC(=O)C(Cc1ccc(OCc2ccccc2)cc1)NC1CCCC1. The molecule has 1 aliphatic carbocycles. The van der Waals surface area contributed by atoms with Gasteiger partial charge >= 0.3 is 5.97 Å². The van der Waals surface area contributed by atoms with Crippen molar-refractivity contribution in [1.29, 1.82) is 0 Å². The van der Waals surface area contributed by atoms with Crippen molar-refractivity contribution in [3.63, 3.8) is 0 Å². The minimum absolute atomic E-state index is 0.193. The number of hydrogen-bond donors (Lipinski definition) is 1. The van der Waals surface area contributed by atoms with Crippen LogP contribution in [-0.4, -0.2) is 25.2 Å². The van der Waals surface area contributed by atoms with Crippen molar-refractivity contribution < 1.29 is 14.3 Å². The second-order valence-corrected chi connectivity index (χ2v) is 6.85. The van der Waals surface area contributed by atoms with Crippen molar-refractivity contribution in [3.8, 4) is 5.75 Å². The lowest BCUT2D eigenvalue weighted by Gasteiger charge is -2.21. The van der Waals surface area contributed by atoms with E-state index >= 15 is 0 Å². The molecule has 2 aromatic carbocycles. The lowest BCUT2D eigenvalue weighted by Crippen LogP contribution is -2.44. The van der Waals surface area contributed by atoms with Gasteiger partial charge in [0.05, 0.1) is 7.11 Å². The number of methoxy groups -OCH3 is 1. The van der Waals surface area contributed by atoms with Gasteiger partial charge in [-0.05, 0) is 42.5 Å². The summed E-state index contributed by atoms with van der Waals surface area (Å²) in [5.74, 6) is 0.636. The van der Waals surface area contributed by atoms with Crippen LogP contribution < -0.4 is 10.1 Å². The largest absolute Gasteiger partial charge is 0.489 e. The molecule has 4 heteroatoms. The first-order chi connectivity index (χ1) is 12.7. The van der Waals surface area contributed by atoms with E-state index in [4.69, 9.17) is 9.47 Å². The van der Waals surface area contributed by atoms with E-state index in [0.717, 1.165) is 29.7 Å². The highest BCUT2D eigenvalue weighted by Crippen LogP contribution is 2.20. The molecule has 0 aromatic heterocycles. The second kappa shape index (κ2) is 9.39. The minimum atomic E-state index is -0.292. The monoisotopic (exact) mass is 353 g/mol. The molecule has 1 fully saturated rings. The van der Waals surface area contributed by atoms with Gasteiger partial charge in [-0.2, -0.15) is 0 Å². The maximum atomic E-state index is 12.1. The molecule has 0 radical (unpaired) electrons. The van der Waals surface area contributed by atoms with Crippen LogP contribution in [0.4, 0.5) is 0 Å². The van der Waals surface area contributed by atoms with Crippen molar-refractivity contribution in [2.24, 2.45) is 0 Å². The first kappa shape index (κ1) is 18.5. The quantitative estimate of drug-likeness (QED) is 0.732. The van der Waals surface area contributed by atoms with Crippen molar-refractivity contribution >= 4 is 5.97 Å². The predicted octanol–water partition coefficient (Wildman–Crippen LogP) is 3.88. The standard InChI is InChI=1S/C22H27NO3/c1-25-22(24)21(23-19-9-5-6-10-19)15-17-11-13-20(14-12-17)26-16-18-7-3-2-4-8-18/h2-4,7-8,11-14,19,21,23H,5-6,9-10,15-16H2,1H3. The maximum Gasteiger partial charge on any atom is 0.323 e. The zero-order chi connectivity index (χ0) is 18.2. The lowest BCUT2D eigenvalue weighted by molar-refractivity contribution is -0.143. The van der Waals surface area contributed by atoms with E-state index in [1.54, 1.807) is 0 Å². The van der Waals surface area contributed by atoms with Gasteiger partial charge in [-0.1, -0.05) is 55.3 Å². The van der Waals surface area contributed by atoms with E-state index in [-0.39, 0.29) is 12.0 Å². The average Bonchev–Trinajstić information content (AvgIpc) is 3.20. The van der Waals surface area contributed by atoms with Crippen LogP contribution in [-0.2, 0) is 22.6 Å². The Labute approximate surface area is 155 Å². The Hall–Kier alpha value is -2.33. The third-order valence-electron chi connectivity index (χ3n) is 4.89. The molecule has 1 unspecified atom stereocenters. The van der Waals surface area contributed by atoms with E-state index in [2.05, 4.69) is 5.32 Å². The Kier molecular flexibility index (Phi) is 6.67. The second-order valence-electron chi connectivity index (χ2n) is 6.85. The van der Waals surface area contributed by atoms with Crippen LogP contribution in [0.2, 0.25) is 0 Å². The summed E-state index contributed by atoms with van der Waals surface area (Å²) in [7, 11) is 1.45. The molecule has 1 atom stereocenters. The van der Waals surface area contributed by atoms with Crippen LogP contribution in [0, 0.1) is 0 Å². The molecule has 3 rings (SSSR count). The van der Waals surface area contributed by atoms with Gasteiger partial charge in [0.2, 0.25) is 0 Å². The molecule has 138 valence electrons. The van der Waals surface area contributed by atoms with Crippen molar-refractivity contribution in [2.45, 2.75) is 50.8 Å². The number of esters is 1. The van der Waals surface area contributed by atoms with E-state index in [9.17, 15) is 4.79 Å². The Morgan fingerprint density at radius 3 is 2.38 bits per heavy atom. The highest BCUT2D eigenvalue weighted by Gasteiger charge is 2.25. The summed E-state index contributed by atoms with van der Waals surface area (Å²) in [4.78, 5) is 12.1. The molecule has 2 aromatic rings. The molecule has 0 bridgehead atoms. The van der Waals surface area contributed by atoms with Gasteiger partial charge in [-0.3, -0.25) is 4.79 Å². The molecular formula is C22H27NO3. The minimum Gasteiger partial charge on any atom is -0.489 e. The molecule has 26 heavy (non-hydrogen) atoms. The molecule has 0 saturated heterocycles. The zero-order valence-corrected chi connectivity index (χ0v) is 15.3. The van der Waals surface area contributed by atoms with Crippen LogP contribution in [0.3, 0.4) is 0 Å². The molecule has 1 saturated carbocycles. The number of ether oxygens (including phenoxy) is 2. The normalized spacial score (nSPS) is 15.6. The molecule has 0 aliphatic heterocycles. The number of carbonyl (C=O) groups excluding carboxylic acids is 1. The van der Waals surface area contributed by atoms with Gasteiger partial charge in [-0.15, -0.1) is 0 Å². The third-order valence-corrected chi connectivity index (χ3v) is 4.89. The van der Waals surface area contributed by atoms with Gasteiger partial charge in [0.25, 0.3) is 0 Å². The summed E-state index contributed by atoms with van der Waals surface area (Å²) in [5, 5.41) is 3.47. The van der Waals surface area contributed by atoms with Gasteiger partial charge in [0, 0.05) is 6.04 Å². The molecule has 1 aliphatic rings. The Morgan fingerprint density at radius 2 is 1.73 bits per heavy atom. The highest BCUT2D eigenvalue weighted by atomic mass is 16.5. The summed E-state index contributed by atoms with van der Waals surface area (Å²) in [6.07, 6.45) is 5.37. The molecular weight excluding hydrogens is 326 g/mol. The fourth-order valence-corrected chi connectivity index (χ4v) is 3.43. The Morgan fingerprint density at radius 1 is 1.04 bits per heavy atom. The molecule has 0 heterocycles. The van der Waals surface area contributed by atoms with Crippen molar-refractivity contribution in [2.75, 3.05) is 7.11 Å². The van der Waals surface area contributed by atoms with Gasteiger partial charge in [0.15, 0.2) is 0 Å². The van der Waals surface area contributed by atoms with E-state index < -0.39 is 0 Å². The Balaban J connectivity index is 1.56. The number of nitrogens with one attached hydrogen (secondary N) is 1. The molecule has 0 spiro atoms. The topological polar surface area (TPSA) is 47.6 Å². The van der Waals surface area contributed by atoms with E-state index in [0.29, 0.717) is 19.1 Å². The summed E-state index contributed by atoms with van der Waals surface area (Å²) >= 11 is 0. The van der Waals surface area contributed by atoms with Gasteiger partial charge < -0.3 is 14.8 Å². The lowest BCUT2D eigenvalue weighted by atomic mass is 10.0. The van der Waals surface area contributed by atoms with Crippen LogP contribution in [0.25, 0.3) is 0 Å². The number of rotatable bonds is 8. The summed E-state index contributed by atoms with van der Waals surface area (Å²) in [6, 6.07) is 18.2. The number of benzene rings is 2. The zero-order valence-electron chi connectivity index (χ0n) is 15.3. The first-order valence-electron chi connectivity index (χ1n) is 9.34. The molecule has 1 N–H and O–H groups in total. The summed E-state index contributed by atoms with van der Waals surface area (Å²) < 4.78 is 10.8. The van der Waals surface area contributed by atoms with Crippen LogP contribution in [0.15, 0.2) is 54.6 Å². The summed E-state index contributed by atoms with van der Waals surface area (Å²) in [5.41, 5.74) is 2.24. The van der Waals surface area contributed by atoms with Crippen LogP contribution >= 0.6 is 0 Å². The van der Waals surface area contributed by atoms with Crippen LogP contribution in [0.5, 0.6) is 5.75 Å². The van der Waals surface area contributed by atoms with Crippen LogP contribution in [0.1, 0.15) is 36.8 Å². The van der Waals surface area contributed by atoms with Gasteiger partial charge in [0.1, 0.15) is 18.4 Å². The van der Waals surface area contributed by atoms with Crippen molar-refractivity contribution in [1.82, 2.24) is 5.32 Å². The highest BCUT2D eigenvalue weighted by molar-refractivity contribution is 5.76. The average molecular weight is 353 g/mol. The fourth-order valence-electron chi connectivity index (χ4n) is 3.43. The molecule has 0 amide bonds. The van der Waals surface area contributed by atoms with E-state index in [1.807, 2.05) is 54.6 Å². The first-order valence-corrected chi connectivity index (χ1v) is 9.34. The summed E-state index contributed by atoms with van der Waals surface area (Å²) in [6.45, 7) is 0.550. The van der Waals surface area contributed by atoms with E-state index in [1.165, 1.54) is 20.0 Å². The fraction of sp³-hybridized carbons (Fsp3) is 0.409. The predicted molar refractivity (Wildman–Crippen MR) is 102 cm³/mol. The van der Waals surface area contributed by atoms with Crippen molar-refractivity contribution in [3.05, 3.63) is 65.7 Å². The maximum absolute atomic E-state index is 12.1. The number of carbonyl (C=O) groups is 1. The third kappa shape index (κ3) is 5.33. The van der Waals surface area contributed by atoms with Gasteiger partial charge in [-0.25, -0.2) is 0 Å².